The van der Waals surface area contributed by atoms with Crippen molar-refractivity contribution in [3.8, 4) is 22.8 Å². The Balaban J connectivity index is 1.53. The lowest BCUT2D eigenvalue weighted by molar-refractivity contribution is 0.490. The smallest absolute Gasteiger partial charge is 0.122 e. The molecule has 0 saturated carbocycles. The lowest BCUT2D eigenvalue weighted by Gasteiger charge is -2.12. The third-order valence-electron chi connectivity index (χ3n) is 5.11. The number of aryl methyl sites for hydroxylation is 1. The molecule has 32 heavy (non-hydrogen) atoms. The minimum absolute atomic E-state index is 0.670. The number of aromatic nitrogens is 5. The maximum atomic E-state index is 4.94. The van der Waals surface area contributed by atoms with Crippen molar-refractivity contribution in [2.45, 2.75) is 20.0 Å². The van der Waals surface area contributed by atoms with Crippen molar-refractivity contribution < 1.29 is 0 Å². The van der Waals surface area contributed by atoms with Gasteiger partial charge in [-0.3, -0.25) is 9.97 Å². The molecule has 4 heterocycles. The lowest BCUT2D eigenvalue weighted by Crippen LogP contribution is -2.11. The largest absolute Gasteiger partial charge is 0.339 e. The second kappa shape index (κ2) is 9.13. The monoisotopic (exact) mass is 532 g/mol. The second-order valence-electron chi connectivity index (χ2n) is 7.57. The van der Waals surface area contributed by atoms with E-state index >= 15 is 0 Å². The minimum atomic E-state index is 0.670. The highest BCUT2D eigenvalue weighted by Gasteiger charge is 2.18. The number of nitrogens with one attached hydrogen (secondary N) is 1. The number of aromatic amines is 1. The van der Waals surface area contributed by atoms with Crippen LogP contribution in [0.25, 0.3) is 33.8 Å². The van der Waals surface area contributed by atoms with Crippen molar-refractivity contribution in [3.63, 3.8) is 0 Å². The van der Waals surface area contributed by atoms with E-state index in [-0.39, 0.29) is 0 Å². The molecule has 0 saturated heterocycles. The molecule has 0 unspecified atom stereocenters. The number of H-pyrrole nitrogens is 1. The van der Waals surface area contributed by atoms with Crippen molar-refractivity contribution in [1.29, 1.82) is 0 Å². The highest BCUT2D eigenvalue weighted by molar-refractivity contribution is 14.1. The molecule has 1 N–H and O–H groups in total. The van der Waals surface area contributed by atoms with Gasteiger partial charge in [-0.25, -0.2) is 13.1 Å². The van der Waals surface area contributed by atoms with Gasteiger partial charge in [0.2, 0.25) is 0 Å². The number of benzene rings is 1. The Kier molecular flexibility index (Phi) is 5.91. The van der Waals surface area contributed by atoms with Gasteiger partial charge in [0.15, 0.2) is 0 Å². The van der Waals surface area contributed by atoms with Crippen LogP contribution in [-0.4, -0.2) is 28.0 Å². The Hall–Kier alpha value is -3.17. The zero-order valence-electron chi connectivity index (χ0n) is 17.5. The standard InChI is InChI=1S/C25H21IN6/c1-17-7-5-10-21(28-17)24-25(22-13-12-19-20(29-22)11-6-14-27-19)31-23(30-24)16-32(26)15-18-8-3-2-4-9-18/h2-14H,15-16H2,1H3,(H,30,31). The molecule has 7 heteroatoms. The van der Waals surface area contributed by atoms with E-state index in [1.807, 2.05) is 55.5 Å². The molecule has 4 aromatic heterocycles. The molecule has 0 spiro atoms. The molecule has 0 fully saturated rings. The number of imidazole rings is 1. The Morgan fingerprint density at radius 2 is 1.66 bits per heavy atom. The lowest BCUT2D eigenvalue weighted by atomic mass is 10.1. The maximum absolute atomic E-state index is 4.94. The first-order valence-corrected chi connectivity index (χ1v) is 11.3. The van der Waals surface area contributed by atoms with Gasteiger partial charge in [0.25, 0.3) is 0 Å². The third-order valence-corrected chi connectivity index (χ3v) is 5.80. The number of hydrogen-bond acceptors (Lipinski definition) is 5. The highest BCUT2D eigenvalue weighted by Crippen LogP contribution is 2.30. The van der Waals surface area contributed by atoms with Gasteiger partial charge in [-0.05, 0) is 48.9 Å². The molecular formula is C25H21IN6. The van der Waals surface area contributed by atoms with Crippen molar-refractivity contribution in [2.75, 3.05) is 0 Å². The molecule has 0 bridgehead atoms. The van der Waals surface area contributed by atoms with Crippen LogP contribution in [0.2, 0.25) is 0 Å². The number of pyridine rings is 3. The first-order chi connectivity index (χ1) is 15.7. The summed E-state index contributed by atoms with van der Waals surface area (Å²) in [5.74, 6) is 0.872. The van der Waals surface area contributed by atoms with Gasteiger partial charge in [-0.15, -0.1) is 0 Å². The summed E-state index contributed by atoms with van der Waals surface area (Å²) in [6.45, 7) is 3.49. The van der Waals surface area contributed by atoms with Crippen molar-refractivity contribution in [3.05, 3.63) is 96.1 Å². The molecule has 0 radical (unpaired) electrons. The van der Waals surface area contributed by atoms with Crippen molar-refractivity contribution in [2.24, 2.45) is 0 Å². The van der Waals surface area contributed by atoms with E-state index in [0.29, 0.717) is 6.54 Å². The summed E-state index contributed by atoms with van der Waals surface area (Å²) in [6, 6.07) is 24.3. The number of nitrogens with zero attached hydrogens (tertiary/aromatic N) is 5. The van der Waals surface area contributed by atoms with Gasteiger partial charge >= 0.3 is 0 Å². The van der Waals surface area contributed by atoms with E-state index in [1.165, 1.54) is 5.56 Å². The van der Waals surface area contributed by atoms with Gasteiger partial charge in [-0.1, -0.05) is 36.4 Å². The number of rotatable bonds is 6. The molecular weight excluding hydrogens is 511 g/mol. The van der Waals surface area contributed by atoms with Crippen molar-refractivity contribution in [1.82, 2.24) is 28.0 Å². The van der Waals surface area contributed by atoms with E-state index in [0.717, 1.165) is 51.9 Å². The predicted molar refractivity (Wildman–Crippen MR) is 135 cm³/mol. The first-order valence-electron chi connectivity index (χ1n) is 10.4. The fourth-order valence-electron chi connectivity index (χ4n) is 3.64. The van der Waals surface area contributed by atoms with Gasteiger partial charge in [0, 0.05) is 41.3 Å². The minimum Gasteiger partial charge on any atom is -0.339 e. The number of fused-ring (bicyclic) bond motifs is 1. The average molecular weight is 532 g/mol. The van der Waals surface area contributed by atoms with E-state index in [2.05, 4.69) is 60.2 Å². The van der Waals surface area contributed by atoms with Crippen LogP contribution in [0.3, 0.4) is 0 Å². The summed E-state index contributed by atoms with van der Waals surface area (Å²) in [5.41, 5.74) is 7.27. The van der Waals surface area contributed by atoms with Crippen LogP contribution in [0.5, 0.6) is 0 Å². The predicted octanol–water partition coefficient (Wildman–Crippen LogP) is 5.74. The van der Waals surface area contributed by atoms with E-state index in [1.54, 1.807) is 6.20 Å². The summed E-state index contributed by atoms with van der Waals surface area (Å²) in [6.07, 6.45) is 1.78. The van der Waals surface area contributed by atoms with Crippen LogP contribution in [0.15, 0.2) is 79.0 Å². The maximum Gasteiger partial charge on any atom is 0.122 e. The topological polar surface area (TPSA) is 70.6 Å². The van der Waals surface area contributed by atoms with Gasteiger partial charge in [-0.2, -0.15) is 0 Å². The van der Waals surface area contributed by atoms with Crippen LogP contribution in [0.4, 0.5) is 0 Å². The summed E-state index contributed by atoms with van der Waals surface area (Å²) in [7, 11) is 0. The van der Waals surface area contributed by atoms with Gasteiger partial charge in [0.05, 0.1) is 34.7 Å². The molecule has 158 valence electrons. The molecule has 0 amide bonds. The summed E-state index contributed by atoms with van der Waals surface area (Å²) in [4.78, 5) is 22.4. The molecule has 0 atom stereocenters. The van der Waals surface area contributed by atoms with Crippen LogP contribution >= 0.6 is 22.9 Å². The molecule has 5 rings (SSSR count). The van der Waals surface area contributed by atoms with Crippen LogP contribution in [-0.2, 0) is 13.1 Å². The van der Waals surface area contributed by atoms with E-state index < -0.39 is 0 Å². The van der Waals surface area contributed by atoms with Gasteiger partial charge < -0.3 is 4.98 Å². The Labute approximate surface area is 200 Å². The number of halogens is 1. The zero-order valence-corrected chi connectivity index (χ0v) is 19.7. The van der Waals surface area contributed by atoms with Crippen LogP contribution in [0, 0.1) is 6.92 Å². The Morgan fingerprint density at radius 3 is 2.50 bits per heavy atom. The first kappa shape index (κ1) is 20.7. The molecule has 5 aromatic rings. The number of hydrogen-bond donors (Lipinski definition) is 1. The fourth-order valence-corrected chi connectivity index (χ4v) is 4.36. The van der Waals surface area contributed by atoms with Crippen LogP contribution in [0.1, 0.15) is 17.1 Å². The fraction of sp³-hybridized carbons (Fsp3) is 0.120. The molecule has 0 aliphatic heterocycles. The molecule has 0 aliphatic carbocycles. The van der Waals surface area contributed by atoms with E-state index in [9.17, 15) is 0 Å². The third kappa shape index (κ3) is 4.53. The zero-order chi connectivity index (χ0) is 21.9. The van der Waals surface area contributed by atoms with E-state index in [4.69, 9.17) is 15.0 Å². The SMILES string of the molecule is Cc1cccc(-c2nc(CN(I)Cc3ccccc3)[nH]c2-c2ccc3ncccc3n2)n1. The van der Waals surface area contributed by atoms with Gasteiger partial charge in [0.1, 0.15) is 11.5 Å². The molecule has 0 aliphatic rings. The summed E-state index contributed by atoms with van der Waals surface area (Å²) in [5, 5.41) is 0. The second-order valence-corrected chi connectivity index (χ2v) is 8.94. The normalized spacial score (nSPS) is 11.3. The highest BCUT2D eigenvalue weighted by atomic mass is 127. The molecule has 1 aromatic carbocycles. The summed E-state index contributed by atoms with van der Waals surface area (Å²) < 4.78 is 2.21. The molecule has 6 nitrogen and oxygen atoms in total. The van der Waals surface area contributed by atoms with Crippen molar-refractivity contribution >= 4 is 33.9 Å². The quantitative estimate of drug-likeness (QED) is 0.223. The summed E-state index contributed by atoms with van der Waals surface area (Å²) >= 11 is 2.35. The average Bonchev–Trinajstić information content (AvgIpc) is 3.23. The van der Waals surface area contributed by atoms with Crippen LogP contribution < -0.4 is 0 Å². The Bertz CT molecular complexity index is 1370. The Morgan fingerprint density at radius 1 is 0.781 bits per heavy atom.